The molecule has 59 heavy (non-hydrogen) atoms. The predicted octanol–water partition coefficient (Wildman–Crippen LogP) is 14.4. The highest BCUT2D eigenvalue weighted by atomic mass is 15.3. The lowest BCUT2D eigenvalue weighted by Gasteiger charge is -2.27. The molecule has 4 nitrogen and oxygen atoms in total. The first-order valence-electron chi connectivity index (χ1n) is 20.1. The summed E-state index contributed by atoms with van der Waals surface area (Å²) < 4.78 is 0. The molecule has 278 valence electrons. The first-order valence-corrected chi connectivity index (χ1v) is 20.1. The van der Waals surface area contributed by atoms with E-state index >= 15 is 0 Å². The van der Waals surface area contributed by atoms with Crippen molar-refractivity contribution in [1.82, 2.24) is 9.97 Å². The minimum absolute atomic E-state index is 0.0539. The maximum absolute atomic E-state index is 5.22. The fourth-order valence-corrected chi connectivity index (χ4v) is 8.53. The van der Waals surface area contributed by atoms with Gasteiger partial charge in [-0.15, -0.1) is 0 Å². The zero-order chi connectivity index (χ0) is 39.1. The largest absolute Gasteiger partial charge is 0.359 e. The van der Waals surface area contributed by atoms with Gasteiger partial charge in [0.1, 0.15) is 6.17 Å². The van der Waals surface area contributed by atoms with E-state index in [4.69, 9.17) is 9.97 Å². The molecule has 10 aromatic rings. The van der Waals surface area contributed by atoms with Crippen LogP contribution < -0.4 is 10.2 Å². The van der Waals surface area contributed by atoms with Gasteiger partial charge >= 0.3 is 0 Å². The number of benzene rings is 9. The van der Waals surface area contributed by atoms with E-state index in [0.29, 0.717) is 5.82 Å². The molecule has 11 rings (SSSR count). The van der Waals surface area contributed by atoms with Gasteiger partial charge in [-0.25, -0.2) is 9.97 Å². The minimum atomic E-state index is -0.0539. The second kappa shape index (κ2) is 14.6. The summed E-state index contributed by atoms with van der Waals surface area (Å²) >= 11 is 0. The fraction of sp³-hybridized carbons (Fsp3) is 0.0182. The molecule has 0 aliphatic carbocycles. The average molecular weight is 755 g/mol. The number of anilines is 3. The van der Waals surface area contributed by atoms with E-state index in [1.165, 1.54) is 38.2 Å². The van der Waals surface area contributed by atoms with Crippen LogP contribution in [0.4, 0.5) is 17.1 Å². The van der Waals surface area contributed by atoms with Crippen molar-refractivity contribution in [3.8, 4) is 56.2 Å². The van der Waals surface area contributed by atoms with Gasteiger partial charge in [0, 0.05) is 22.4 Å². The predicted molar refractivity (Wildman–Crippen MR) is 246 cm³/mol. The van der Waals surface area contributed by atoms with Gasteiger partial charge in [0.2, 0.25) is 0 Å². The molecule has 1 aromatic heterocycles. The lowest BCUT2D eigenvalue weighted by molar-refractivity contribution is 0.828. The molecule has 1 atom stereocenters. The van der Waals surface area contributed by atoms with Gasteiger partial charge in [-0.3, -0.25) is 0 Å². The standard InChI is InChI=1S/C55H38N4/c1-3-13-37(14-4-1)38-23-31-42(32-24-38)54-56-51(40-27-25-39(26-28-40)49-35-44-15-7-8-18-46(44)47-19-9-10-20-48(47)49)36-52(57-54)41-29-33-43(34-30-41)55-58-50-21-11-12-22-53(50)59(55)45-16-5-2-6-17-45/h1-36,55,58H. The smallest absolute Gasteiger partial charge is 0.160 e. The van der Waals surface area contributed by atoms with Crippen LogP contribution in [0.5, 0.6) is 0 Å². The number of rotatable bonds is 7. The van der Waals surface area contributed by atoms with E-state index in [1.54, 1.807) is 0 Å². The molecule has 0 radical (unpaired) electrons. The average Bonchev–Trinajstić information content (AvgIpc) is 3.72. The number of para-hydroxylation sites is 3. The van der Waals surface area contributed by atoms with Crippen LogP contribution in [0, 0.1) is 0 Å². The highest BCUT2D eigenvalue weighted by Gasteiger charge is 2.31. The number of hydrogen-bond acceptors (Lipinski definition) is 4. The van der Waals surface area contributed by atoms with Gasteiger partial charge in [0.05, 0.1) is 22.8 Å². The topological polar surface area (TPSA) is 41.1 Å². The van der Waals surface area contributed by atoms with E-state index in [-0.39, 0.29) is 6.17 Å². The molecule has 4 heteroatoms. The van der Waals surface area contributed by atoms with Crippen molar-refractivity contribution >= 4 is 38.6 Å². The van der Waals surface area contributed by atoms with Crippen molar-refractivity contribution in [2.75, 3.05) is 10.2 Å². The van der Waals surface area contributed by atoms with E-state index < -0.39 is 0 Å². The van der Waals surface area contributed by atoms with Crippen molar-refractivity contribution in [3.63, 3.8) is 0 Å². The molecule has 0 amide bonds. The Balaban J connectivity index is 0.980. The normalized spacial score (nSPS) is 13.4. The van der Waals surface area contributed by atoms with Crippen molar-refractivity contribution in [2.45, 2.75) is 6.17 Å². The molecule has 0 bridgehead atoms. The van der Waals surface area contributed by atoms with E-state index in [0.717, 1.165) is 56.3 Å². The summed E-state index contributed by atoms with van der Waals surface area (Å²) in [4.78, 5) is 12.8. The summed E-state index contributed by atoms with van der Waals surface area (Å²) in [5.41, 5.74) is 14.1. The summed E-state index contributed by atoms with van der Waals surface area (Å²) in [6, 6.07) is 77.5. The van der Waals surface area contributed by atoms with Crippen molar-refractivity contribution in [3.05, 3.63) is 224 Å². The molecule has 9 aromatic carbocycles. The van der Waals surface area contributed by atoms with Crippen LogP contribution in [-0.2, 0) is 0 Å². The van der Waals surface area contributed by atoms with E-state index in [9.17, 15) is 0 Å². The molecular weight excluding hydrogens is 717 g/mol. The Kier molecular flexibility index (Phi) is 8.52. The summed E-state index contributed by atoms with van der Waals surface area (Å²) in [5.74, 6) is 0.689. The molecule has 0 fully saturated rings. The highest BCUT2D eigenvalue weighted by Crippen LogP contribution is 2.46. The summed E-state index contributed by atoms with van der Waals surface area (Å²) in [5, 5.41) is 8.79. The Morgan fingerprint density at radius 1 is 0.390 bits per heavy atom. The maximum atomic E-state index is 5.22. The van der Waals surface area contributed by atoms with Gasteiger partial charge in [-0.1, -0.05) is 182 Å². The summed E-state index contributed by atoms with van der Waals surface area (Å²) in [6.45, 7) is 0. The Morgan fingerprint density at radius 3 is 1.64 bits per heavy atom. The van der Waals surface area contributed by atoms with Crippen LogP contribution >= 0.6 is 0 Å². The Morgan fingerprint density at radius 2 is 0.915 bits per heavy atom. The highest BCUT2D eigenvalue weighted by molar-refractivity contribution is 6.13. The van der Waals surface area contributed by atoms with Crippen molar-refractivity contribution in [1.29, 1.82) is 0 Å². The first kappa shape index (κ1) is 34.4. The molecule has 1 aliphatic rings. The second-order valence-corrected chi connectivity index (χ2v) is 15.1. The third kappa shape index (κ3) is 6.37. The van der Waals surface area contributed by atoms with E-state index in [1.807, 2.05) is 6.07 Å². The lowest BCUT2D eigenvalue weighted by atomic mass is 9.93. The fourth-order valence-electron chi connectivity index (χ4n) is 8.53. The van der Waals surface area contributed by atoms with Crippen LogP contribution in [0.1, 0.15) is 11.7 Å². The van der Waals surface area contributed by atoms with Gasteiger partial charge in [0.25, 0.3) is 0 Å². The number of nitrogens with one attached hydrogen (secondary N) is 1. The third-order valence-electron chi connectivity index (χ3n) is 11.5. The zero-order valence-corrected chi connectivity index (χ0v) is 32.2. The van der Waals surface area contributed by atoms with Crippen LogP contribution in [0.2, 0.25) is 0 Å². The van der Waals surface area contributed by atoms with Crippen LogP contribution in [-0.4, -0.2) is 9.97 Å². The Hall–Kier alpha value is -7.82. The number of hydrogen-bond donors (Lipinski definition) is 1. The van der Waals surface area contributed by atoms with Gasteiger partial charge in [-0.05, 0) is 85.8 Å². The van der Waals surface area contributed by atoms with Crippen LogP contribution in [0.3, 0.4) is 0 Å². The molecule has 0 saturated heterocycles. The minimum Gasteiger partial charge on any atom is -0.359 e. The van der Waals surface area contributed by atoms with Crippen molar-refractivity contribution < 1.29 is 0 Å². The Bertz CT molecular complexity index is 3110. The molecule has 2 heterocycles. The SMILES string of the molecule is c1ccc(-c2ccc(-c3nc(-c4ccc(-c5cc6ccccc6c6ccccc56)cc4)cc(-c4ccc(C5Nc6ccccc6N5c5ccccc5)cc4)n3)cc2)cc1. The third-order valence-corrected chi connectivity index (χ3v) is 11.5. The van der Waals surface area contributed by atoms with Gasteiger partial charge in [0.15, 0.2) is 5.82 Å². The van der Waals surface area contributed by atoms with E-state index in [2.05, 4.69) is 223 Å². The summed E-state index contributed by atoms with van der Waals surface area (Å²) in [7, 11) is 0. The zero-order valence-electron chi connectivity index (χ0n) is 32.2. The molecule has 1 unspecified atom stereocenters. The van der Waals surface area contributed by atoms with Gasteiger partial charge < -0.3 is 10.2 Å². The number of aromatic nitrogens is 2. The summed E-state index contributed by atoms with van der Waals surface area (Å²) in [6.07, 6.45) is -0.0539. The molecular formula is C55H38N4. The van der Waals surface area contributed by atoms with Crippen molar-refractivity contribution in [2.24, 2.45) is 0 Å². The quantitative estimate of drug-likeness (QED) is 0.165. The lowest BCUT2D eigenvalue weighted by Crippen LogP contribution is -2.23. The molecule has 0 saturated carbocycles. The van der Waals surface area contributed by atoms with Crippen LogP contribution in [0.15, 0.2) is 218 Å². The van der Waals surface area contributed by atoms with Gasteiger partial charge in [-0.2, -0.15) is 0 Å². The molecule has 0 spiro atoms. The number of fused-ring (bicyclic) bond motifs is 4. The van der Waals surface area contributed by atoms with Crippen LogP contribution in [0.25, 0.3) is 77.7 Å². The molecule has 1 aliphatic heterocycles. The maximum Gasteiger partial charge on any atom is 0.160 e. The molecule has 1 N–H and O–H groups in total. The first-order chi connectivity index (χ1) is 29.2. The monoisotopic (exact) mass is 754 g/mol. The second-order valence-electron chi connectivity index (χ2n) is 15.1. The number of nitrogens with zero attached hydrogens (tertiary/aromatic N) is 3. The Labute approximate surface area is 343 Å².